The van der Waals surface area contributed by atoms with Crippen molar-refractivity contribution in [2.75, 3.05) is 26.3 Å². The topological polar surface area (TPSA) is 41.6 Å². The lowest BCUT2D eigenvalue weighted by atomic mass is 9.87. The minimum absolute atomic E-state index is 0.208. The van der Waals surface area contributed by atoms with Crippen LogP contribution in [-0.4, -0.2) is 37.1 Å². The lowest BCUT2D eigenvalue weighted by Crippen LogP contribution is -2.35. The largest absolute Gasteiger partial charge is 0.379 e. The standard InChI is InChI=1S/C20H30N2O2/c23-20(14-17-4-2-1-3-5-17)21-15-18-6-8-19(9-7-18)16-22-10-12-24-13-11-22/h6-9,17H,1-5,10-16H2,(H,21,23). The summed E-state index contributed by atoms with van der Waals surface area (Å²) in [4.78, 5) is 14.5. The van der Waals surface area contributed by atoms with E-state index >= 15 is 0 Å². The molecule has 24 heavy (non-hydrogen) atoms. The van der Waals surface area contributed by atoms with Crippen molar-refractivity contribution in [3.63, 3.8) is 0 Å². The van der Waals surface area contributed by atoms with Crippen LogP contribution in [0.1, 0.15) is 49.7 Å². The van der Waals surface area contributed by atoms with Crippen molar-refractivity contribution in [3.05, 3.63) is 35.4 Å². The molecule has 1 aromatic carbocycles. The zero-order valence-electron chi connectivity index (χ0n) is 14.6. The Morgan fingerprint density at radius 3 is 2.42 bits per heavy atom. The Kier molecular flexibility index (Phi) is 6.67. The van der Waals surface area contributed by atoms with E-state index in [9.17, 15) is 4.79 Å². The van der Waals surface area contributed by atoms with Gasteiger partial charge in [0.25, 0.3) is 0 Å². The van der Waals surface area contributed by atoms with Gasteiger partial charge in [-0.15, -0.1) is 0 Å². The highest BCUT2D eigenvalue weighted by Gasteiger charge is 2.16. The van der Waals surface area contributed by atoms with E-state index in [1.807, 2.05) is 0 Å². The lowest BCUT2D eigenvalue weighted by Gasteiger charge is -2.26. The van der Waals surface area contributed by atoms with E-state index in [0.717, 1.165) is 32.8 Å². The lowest BCUT2D eigenvalue weighted by molar-refractivity contribution is -0.122. The third kappa shape index (κ3) is 5.60. The van der Waals surface area contributed by atoms with Gasteiger partial charge in [-0.25, -0.2) is 0 Å². The Labute approximate surface area is 145 Å². The molecule has 4 heteroatoms. The van der Waals surface area contributed by atoms with Gasteiger partial charge in [0.2, 0.25) is 5.91 Å². The molecule has 1 N–H and O–H groups in total. The summed E-state index contributed by atoms with van der Waals surface area (Å²) in [6, 6.07) is 8.63. The van der Waals surface area contributed by atoms with Crippen molar-refractivity contribution < 1.29 is 9.53 Å². The average molecular weight is 330 g/mol. The summed E-state index contributed by atoms with van der Waals surface area (Å²) in [5.41, 5.74) is 2.51. The van der Waals surface area contributed by atoms with Gasteiger partial charge in [0.15, 0.2) is 0 Å². The number of morpholine rings is 1. The van der Waals surface area contributed by atoms with Crippen LogP contribution >= 0.6 is 0 Å². The van der Waals surface area contributed by atoms with Crippen LogP contribution in [-0.2, 0) is 22.6 Å². The van der Waals surface area contributed by atoms with Gasteiger partial charge in [-0.05, 0) is 29.9 Å². The second-order valence-electron chi connectivity index (χ2n) is 7.19. The molecule has 0 spiro atoms. The Hall–Kier alpha value is -1.39. The van der Waals surface area contributed by atoms with Gasteiger partial charge in [0.1, 0.15) is 0 Å². The monoisotopic (exact) mass is 330 g/mol. The van der Waals surface area contributed by atoms with Crippen molar-refractivity contribution in [1.82, 2.24) is 10.2 Å². The molecule has 1 aliphatic carbocycles. The molecule has 1 amide bonds. The first-order valence-corrected chi connectivity index (χ1v) is 9.44. The van der Waals surface area contributed by atoms with Gasteiger partial charge in [0, 0.05) is 32.6 Å². The summed E-state index contributed by atoms with van der Waals surface area (Å²) >= 11 is 0. The molecule has 1 saturated carbocycles. The smallest absolute Gasteiger partial charge is 0.220 e. The predicted octanol–water partition coefficient (Wildman–Crippen LogP) is 3.11. The highest BCUT2D eigenvalue weighted by molar-refractivity contribution is 5.76. The molecule has 0 bridgehead atoms. The first-order chi connectivity index (χ1) is 11.8. The molecular weight excluding hydrogens is 300 g/mol. The zero-order valence-corrected chi connectivity index (χ0v) is 14.6. The zero-order chi connectivity index (χ0) is 16.6. The summed E-state index contributed by atoms with van der Waals surface area (Å²) in [7, 11) is 0. The van der Waals surface area contributed by atoms with E-state index in [1.54, 1.807) is 0 Å². The Morgan fingerprint density at radius 1 is 1.04 bits per heavy atom. The van der Waals surface area contributed by atoms with E-state index < -0.39 is 0 Å². The summed E-state index contributed by atoms with van der Waals surface area (Å²) in [5.74, 6) is 0.814. The molecule has 4 nitrogen and oxygen atoms in total. The summed E-state index contributed by atoms with van der Waals surface area (Å²) < 4.78 is 5.38. The Morgan fingerprint density at radius 2 is 1.71 bits per heavy atom. The number of amides is 1. The van der Waals surface area contributed by atoms with Gasteiger partial charge >= 0.3 is 0 Å². The van der Waals surface area contributed by atoms with Crippen molar-refractivity contribution in [2.24, 2.45) is 5.92 Å². The second-order valence-corrected chi connectivity index (χ2v) is 7.19. The normalized spacial score (nSPS) is 20.0. The third-order valence-electron chi connectivity index (χ3n) is 5.22. The fourth-order valence-electron chi connectivity index (χ4n) is 3.71. The summed E-state index contributed by atoms with van der Waals surface area (Å²) in [6.45, 7) is 5.33. The van der Waals surface area contributed by atoms with Crippen molar-refractivity contribution in [3.8, 4) is 0 Å². The number of benzene rings is 1. The molecule has 1 heterocycles. The number of hydrogen-bond acceptors (Lipinski definition) is 3. The molecule has 2 fully saturated rings. The Bertz CT molecular complexity index is 503. The molecule has 0 radical (unpaired) electrons. The van der Waals surface area contributed by atoms with Crippen LogP contribution in [0.4, 0.5) is 0 Å². The highest BCUT2D eigenvalue weighted by Crippen LogP contribution is 2.26. The molecule has 2 aliphatic rings. The summed E-state index contributed by atoms with van der Waals surface area (Å²) in [5, 5.41) is 3.08. The number of hydrogen-bond donors (Lipinski definition) is 1. The molecule has 0 unspecified atom stereocenters. The van der Waals surface area contributed by atoms with Crippen LogP contribution in [0.25, 0.3) is 0 Å². The highest BCUT2D eigenvalue weighted by atomic mass is 16.5. The van der Waals surface area contributed by atoms with Crippen molar-refractivity contribution in [2.45, 2.75) is 51.6 Å². The van der Waals surface area contributed by atoms with Crippen LogP contribution in [0, 0.1) is 5.92 Å². The van der Waals surface area contributed by atoms with Gasteiger partial charge < -0.3 is 10.1 Å². The second kappa shape index (κ2) is 9.19. The maximum absolute atomic E-state index is 12.1. The van der Waals surface area contributed by atoms with Gasteiger partial charge in [-0.3, -0.25) is 9.69 Å². The number of nitrogens with zero attached hydrogens (tertiary/aromatic N) is 1. The van der Waals surface area contributed by atoms with Crippen LogP contribution < -0.4 is 5.32 Å². The van der Waals surface area contributed by atoms with Crippen molar-refractivity contribution >= 4 is 5.91 Å². The maximum atomic E-state index is 12.1. The molecule has 1 saturated heterocycles. The van der Waals surface area contributed by atoms with Gasteiger partial charge in [0.05, 0.1) is 13.2 Å². The number of ether oxygens (including phenoxy) is 1. The van der Waals surface area contributed by atoms with E-state index in [1.165, 1.54) is 43.2 Å². The first-order valence-electron chi connectivity index (χ1n) is 9.44. The number of rotatable bonds is 6. The quantitative estimate of drug-likeness (QED) is 0.871. The molecule has 1 aromatic rings. The molecular formula is C20H30N2O2. The van der Waals surface area contributed by atoms with E-state index in [2.05, 4.69) is 34.5 Å². The fraction of sp³-hybridized carbons (Fsp3) is 0.650. The van der Waals surface area contributed by atoms with Gasteiger partial charge in [-0.2, -0.15) is 0 Å². The van der Waals surface area contributed by atoms with E-state index in [4.69, 9.17) is 4.74 Å². The molecule has 0 aromatic heterocycles. The maximum Gasteiger partial charge on any atom is 0.220 e. The van der Waals surface area contributed by atoms with Crippen LogP contribution in [0.15, 0.2) is 24.3 Å². The first kappa shape index (κ1) is 17.4. The van der Waals surface area contributed by atoms with E-state index in [0.29, 0.717) is 18.9 Å². The summed E-state index contributed by atoms with van der Waals surface area (Å²) in [6.07, 6.45) is 7.09. The van der Waals surface area contributed by atoms with E-state index in [-0.39, 0.29) is 5.91 Å². The van der Waals surface area contributed by atoms with Crippen LogP contribution in [0.2, 0.25) is 0 Å². The number of nitrogens with one attached hydrogen (secondary N) is 1. The van der Waals surface area contributed by atoms with Crippen LogP contribution in [0.3, 0.4) is 0 Å². The fourth-order valence-corrected chi connectivity index (χ4v) is 3.71. The average Bonchev–Trinajstić information content (AvgIpc) is 2.63. The SMILES string of the molecule is O=C(CC1CCCCC1)NCc1ccc(CN2CCOCC2)cc1. The molecule has 1 aliphatic heterocycles. The minimum Gasteiger partial charge on any atom is -0.379 e. The molecule has 0 atom stereocenters. The molecule has 3 rings (SSSR count). The van der Waals surface area contributed by atoms with Gasteiger partial charge in [-0.1, -0.05) is 43.5 Å². The van der Waals surface area contributed by atoms with Crippen LogP contribution in [0.5, 0.6) is 0 Å². The third-order valence-corrected chi connectivity index (χ3v) is 5.22. The minimum atomic E-state index is 0.208. The predicted molar refractivity (Wildman–Crippen MR) is 95.6 cm³/mol. The molecule has 132 valence electrons. The Balaban J connectivity index is 1.39. The number of carbonyl (C=O) groups excluding carboxylic acids is 1. The number of carbonyl (C=O) groups is 1. The van der Waals surface area contributed by atoms with Crippen molar-refractivity contribution in [1.29, 1.82) is 0 Å².